The molecule has 0 aromatic heterocycles. The number of nitrogens with zero attached hydrogens (tertiary/aromatic N) is 1. The lowest BCUT2D eigenvalue weighted by Crippen LogP contribution is -2.43. The summed E-state index contributed by atoms with van der Waals surface area (Å²) in [5, 5.41) is 3.91. The van der Waals surface area contributed by atoms with Gasteiger partial charge in [0.05, 0.1) is 10.9 Å². The average molecular weight is 447 g/mol. The SMILES string of the molecule is Cc1ccc(S(=O)(=O)N2CCC(C(=O)N[C@@H](c3ccc(Cl)cc3)C3CC3)CC2)cc1. The van der Waals surface area contributed by atoms with Crippen LogP contribution in [0.1, 0.15) is 42.9 Å². The highest BCUT2D eigenvalue weighted by atomic mass is 35.5. The molecule has 1 saturated carbocycles. The van der Waals surface area contributed by atoms with Gasteiger partial charge in [0.15, 0.2) is 0 Å². The molecular formula is C23H27ClN2O3S. The molecule has 0 spiro atoms. The zero-order valence-electron chi connectivity index (χ0n) is 17.1. The van der Waals surface area contributed by atoms with Crippen LogP contribution in [0.2, 0.25) is 5.02 Å². The highest BCUT2D eigenvalue weighted by Crippen LogP contribution is 2.41. The van der Waals surface area contributed by atoms with Gasteiger partial charge >= 0.3 is 0 Å². The second kappa shape index (κ2) is 8.69. The van der Waals surface area contributed by atoms with Crippen LogP contribution in [0.4, 0.5) is 0 Å². The summed E-state index contributed by atoms with van der Waals surface area (Å²) in [5.74, 6) is 0.328. The summed E-state index contributed by atoms with van der Waals surface area (Å²) in [6.07, 6.45) is 3.30. The molecule has 0 unspecified atom stereocenters. The number of carbonyl (C=O) groups excluding carboxylic acids is 1. The number of hydrogen-bond acceptors (Lipinski definition) is 3. The van der Waals surface area contributed by atoms with Gasteiger partial charge in [0.25, 0.3) is 0 Å². The van der Waals surface area contributed by atoms with E-state index >= 15 is 0 Å². The molecule has 2 aromatic rings. The minimum atomic E-state index is -3.51. The summed E-state index contributed by atoms with van der Waals surface area (Å²) in [6, 6.07) is 14.6. The van der Waals surface area contributed by atoms with Crippen LogP contribution in [-0.2, 0) is 14.8 Å². The third-order valence-corrected chi connectivity index (χ3v) is 8.27. The number of nitrogens with one attached hydrogen (secondary N) is 1. The first-order valence-electron chi connectivity index (χ1n) is 10.5. The fourth-order valence-electron chi connectivity index (χ4n) is 4.06. The Morgan fingerprint density at radius 1 is 1.00 bits per heavy atom. The Kier molecular flexibility index (Phi) is 6.19. The number of aryl methyl sites for hydroxylation is 1. The second-order valence-corrected chi connectivity index (χ2v) is 10.7. The fraction of sp³-hybridized carbons (Fsp3) is 0.435. The van der Waals surface area contributed by atoms with Crippen LogP contribution < -0.4 is 5.32 Å². The van der Waals surface area contributed by atoms with E-state index in [0.717, 1.165) is 24.0 Å². The Morgan fingerprint density at radius 2 is 1.60 bits per heavy atom. The van der Waals surface area contributed by atoms with Crippen LogP contribution in [0, 0.1) is 18.8 Å². The van der Waals surface area contributed by atoms with Crippen molar-refractivity contribution < 1.29 is 13.2 Å². The molecule has 160 valence electrons. The average Bonchev–Trinajstić information content (AvgIpc) is 3.58. The van der Waals surface area contributed by atoms with Gasteiger partial charge in [-0.1, -0.05) is 41.4 Å². The van der Waals surface area contributed by atoms with Crippen molar-refractivity contribution in [3.05, 3.63) is 64.7 Å². The number of amides is 1. The van der Waals surface area contributed by atoms with Gasteiger partial charge in [0.1, 0.15) is 0 Å². The smallest absolute Gasteiger partial charge is 0.243 e. The Morgan fingerprint density at radius 3 is 2.17 bits per heavy atom. The van der Waals surface area contributed by atoms with E-state index in [9.17, 15) is 13.2 Å². The van der Waals surface area contributed by atoms with E-state index in [1.807, 2.05) is 43.3 Å². The number of rotatable bonds is 6. The standard InChI is InChI=1S/C23H27ClN2O3S/c1-16-2-10-21(11-3-16)30(28,29)26-14-12-19(13-15-26)23(27)25-22(17-4-5-17)18-6-8-20(24)9-7-18/h2-3,6-11,17,19,22H,4-5,12-15H2,1H3,(H,25,27)/t22-/m1/s1. The zero-order chi connectivity index (χ0) is 21.3. The quantitative estimate of drug-likeness (QED) is 0.718. The van der Waals surface area contributed by atoms with Crippen LogP contribution in [-0.4, -0.2) is 31.7 Å². The van der Waals surface area contributed by atoms with Crippen molar-refractivity contribution in [3.8, 4) is 0 Å². The predicted octanol–water partition coefficient (Wildman–Crippen LogP) is 4.32. The van der Waals surface area contributed by atoms with Gasteiger partial charge in [-0.3, -0.25) is 4.79 Å². The largest absolute Gasteiger partial charge is 0.349 e. The number of benzene rings is 2. The number of sulfonamides is 1. The second-order valence-electron chi connectivity index (χ2n) is 8.37. The normalized spacial score (nSPS) is 19.4. The molecule has 1 aliphatic carbocycles. The Balaban J connectivity index is 1.38. The minimum Gasteiger partial charge on any atom is -0.349 e. The summed E-state index contributed by atoms with van der Waals surface area (Å²) in [7, 11) is -3.51. The molecule has 30 heavy (non-hydrogen) atoms. The van der Waals surface area contributed by atoms with E-state index < -0.39 is 10.0 Å². The predicted molar refractivity (Wildman–Crippen MR) is 118 cm³/mol. The van der Waals surface area contributed by atoms with Gasteiger partial charge in [0.2, 0.25) is 15.9 Å². The van der Waals surface area contributed by atoms with E-state index in [2.05, 4.69) is 5.32 Å². The third kappa shape index (κ3) is 4.71. The van der Waals surface area contributed by atoms with Gasteiger partial charge in [-0.25, -0.2) is 8.42 Å². The van der Waals surface area contributed by atoms with E-state index in [1.165, 1.54) is 4.31 Å². The van der Waals surface area contributed by atoms with Crippen LogP contribution >= 0.6 is 11.6 Å². The highest BCUT2D eigenvalue weighted by molar-refractivity contribution is 7.89. The summed E-state index contributed by atoms with van der Waals surface area (Å²) in [5.41, 5.74) is 2.10. The zero-order valence-corrected chi connectivity index (χ0v) is 18.6. The molecule has 2 fully saturated rings. The Bertz CT molecular complexity index is 994. The van der Waals surface area contributed by atoms with Crippen molar-refractivity contribution in [2.24, 2.45) is 11.8 Å². The molecule has 1 aliphatic heterocycles. The van der Waals surface area contributed by atoms with E-state index in [-0.39, 0.29) is 17.9 Å². The van der Waals surface area contributed by atoms with Crippen LogP contribution in [0.25, 0.3) is 0 Å². The van der Waals surface area contributed by atoms with Crippen LogP contribution in [0.3, 0.4) is 0 Å². The van der Waals surface area contributed by atoms with Crippen molar-refractivity contribution in [2.45, 2.75) is 43.5 Å². The molecule has 4 rings (SSSR count). The van der Waals surface area contributed by atoms with Crippen molar-refractivity contribution in [1.82, 2.24) is 9.62 Å². The number of piperidine rings is 1. The topological polar surface area (TPSA) is 66.5 Å². The molecule has 1 amide bonds. The minimum absolute atomic E-state index is 0.00378. The highest BCUT2D eigenvalue weighted by Gasteiger charge is 2.36. The first-order chi connectivity index (χ1) is 14.3. The number of carbonyl (C=O) groups is 1. The molecule has 2 aromatic carbocycles. The first-order valence-corrected chi connectivity index (χ1v) is 12.3. The van der Waals surface area contributed by atoms with E-state index in [0.29, 0.717) is 41.8 Å². The van der Waals surface area contributed by atoms with E-state index in [1.54, 1.807) is 12.1 Å². The lowest BCUT2D eigenvalue weighted by Gasteiger charge is -2.31. The molecule has 2 aliphatic rings. The molecule has 7 heteroatoms. The lowest BCUT2D eigenvalue weighted by atomic mass is 9.95. The molecule has 1 heterocycles. The van der Waals surface area contributed by atoms with Gasteiger partial charge in [-0.2, -0.15) is 4.31 Å². The van der Waals surface area contributed by atoms with Gasteiger partial charge in [-0.15, -0.1) is 0 Å². The van der Waals surface area contributed by atoms with Crippen LogP contribution in [0.15, 0.2) is 53.4 Å². The number of hydrogen-bond donors (Lipinski definition) is 1. The maximum atomic E-state index is 12.9. The van der Waals surface area contributed by atoms with Gasteiger partial charge in [-0.05, 0) is 68.4 Å². The van der Waals surface area contributed by atoms with Crippen molar-refractivity contribution >= 4 is 27.5 Å². The molecule has 1 N–H and O–H groups in total. The molecular weight excluding hydrogens is 420 g/mol. The number of halogens is 1. The van der Waals surface area contributed by atoms with Crippen molar-refractivity contribution in [3.63, 3.8) is 0 Å². The Hall–Kier alpha value is -1.89. The third-order valence-electron chi connectivity index (χ3n) is 6.10. The van der Waals surface area contributed by atoms with Crippen LogP contribution in [0.5, 0.6) is 0 Å². The lowest BCUT2D eigenvalue weighted by molar-refractivity contribution is -0.127. The molecule has 0 bridgehead atoms. The first kappa shape index (κ1) is 21.3. The summed E-state index contributed by atoms with van der Waals surface area (Å²) >= 11 is 6.00. The maximum absolute atomic E-state index is 12.9. The summed E-state index contributed by atoms with van der Waals surface area (Å²) in [4.78, 5) is 13.3. The molecule has 1 atom stereocenters. The fourth-order valence-corrected chi connectivity index (χ4v) is 5.66. The summed E-state index contributed by atoms with van der Waals surface area (Å²) in [6.45, 7) is 2.66. The maximum Gasteiger partial charge on any atom is 0.243 e. The molecule has 0 radical (unpaired) electrons. The molecule has 5 nitrogen and oxygen atoms in total. The van der Waals surface area contributed by atoms with E-state index in [4.69, 9.17) is 11.6 Å². The van der Waals surface area contributed by atoms with Gasteiger partial charge in [0, 0.05) is 24.0 Å². The van der Waals surface area contributed by atoms with Crippen molar-refractivity contribution in [2.75, 3.05) is 13.1 Å². The summed E-state index contributed by atoms with van der Waals surface area (Å²) < 4.78 is 27.3. The van der Waals surface area contributed by atoms with Crippen molar-refractivity contribution in [1.29, 1.82) is 0 Å². The van der Waals surface area contributed by atoms with Gasteiger partial charge < -0.3 is 5.32 Å². The monoisotopic (exact) mass is 446 g/mol. The molecule has 1 saturated heterocycles. The Labute approximate surface area is 183 Å².